The first-order valence-electron chi connectivity index (χ1n) is 6.38. The summed E-state index contributed by atoms with van der Waals surface area (Å²) >= 11 is 1.28. The first kappa shape index (κ1) is 16.6. The number of nitrogens with two attached hydrogens (primary N) is 2. The van der Waals surface area contributed by atoms with Crippen molar-refractivity contribution in [3.63, 3.8) is 0 Å². The van der Waals surface area contributed by atoms with Crippen molar-refractivity contribution in [1.82, 2.24) is 4.48 Å². The van der Waals surface area contributed by atoms with E-state index < -0.39 is 15.9 Å². The molecular weight excluding hydrogens is 322 g/mol. The average molecular weight is 340 g/mol. The van der Waals surface area contributed by atoms with Crippen molar-refractivity contribution in [2.45, 2.75) is 4.90 Å². The van der Waals surface area contributed by atoms with E-state index in [2.05, 4.69) is 0 Å². The van der Waals surface area contributed by atoms with E-state index in [1.54, 1.807) is 12.1 Å². The van der Waals surface area contributed by atoms with Gasteiger partial charge < -0.3 is 5.73 Å². The molecule has 4 N–H and O–H groups in total. The molecule has 0 saturated carbocycles. The number of primary amides is 1. The Balaban J connectivity index is 2.66. The number of quaternary nitrogens is 1. The van der Waals surface area contributed by atoms with Crippen molar-refractivity contribution in [2.24, 2.45) is 10.9 Å². The largest absolute Gasteiger partial charge is 0.365 e. The fraction of sp³-hybridized carbons (Fsp3) is 0.214. The van der Waals surface area contributed by atoms with Crippen LogP contribution in [0, 0.1) is 0 Å². The van der Waals surface area contributed by atoms with E-state index in [1.165, 1.54) is 23.5 Å². The highest BCUT2D eigenvalue weighted by molar-refractivity contribution is 7.89. The number of sulfonamides is 1. The van der Waals surface area contributed by atoms with Crippen LogP contribution in [0.4, 0.5) is 5.69 Å². The van der Waals surface area contributed by atoms with Crippen LogP contribution in [0.3, 0.4) is 0 Å². The molecule has 0 aliphatic rings. The van der Waals surface area contributed by atoms with Crippen molar-refractivity contribution in [2.75, 3.05) is 21.1 Å². The van der Waals surface area contributed by atoms with E-state index in [-0.39, 0.29) is 4.90 Å². The van der Waals surface area contributed by atoms with Gasteiger partial charge in [0.05, 0.1) is 37.0 Å². The van der Waals surface area contributed by atoms with Crippen LogP contribution < -0.4 is 15.4 Å². The van der Waals surface area contributed by atoms with Crippen molar-refractivity contribution in [3.05, 3.63) is 34.5 Å². The molecule has 0 aliphatic carbocycles. The number of carbonyl (C=O) groups is 1. The summed E-state index contributed by atoms with van der Waals surface area (Å²) in [5.41, 5.74) is 7.84. The molecule has 0 unspecified atom stereocenters. The minimum atomic E-state index is -3.75. The lowest BCUT2D eigenvalue weighted by atomic mass is 10.0. The van der Waals surface area contributed by atoms with Crippen LogP contribution >= 0.6 is 11.3 Å². The zero-order chi connectivity index (χ0) is 16.7. The zero-order valence-electron chi connectivity index (χ0n) is 12.5. The number of rotatable bonds is 4. The highest BCUT2D eigenvalue weighted by Crippen LogP contribution is 2.40. The van der Waals surface area contributed by atoms with Gasteiger partial charge in [-0.1, -0.05) is 12.1 Å². The Bertz CT molecular complexity index is 816. The normalized spacial score (nSPS) is 12.4. The standard InChI is InChI=1S/C14H17N3O3S2/c1-17(2,3)11-8-21-13(14(15)18)12(11)9-4-6-10(7-5-9)22(16,19)20/h4-8H,1-3H3,(H3-,15,16,18,19,20)/p+1. The lowest BCUT2D eigenvalue weighted by Gasteiger charge is -2.24. The molecule has 1 aromatic heterocycles. The van der Waals surface area contributed by atoms with E-state index in [1.807, 2.05) is 26.5 Å². The van der Waals surface area contributed by atoms with Crippen molar-refractivity contribution in [3.8, 4) is 11.1 Å². The van der Waals surface area contributed by atoms with Crippen molar-refractivity contribution >= 4 is 33.0 Å². The minimum Gasteiger partial charge on any atom is -0.365 e. The fourth-order valence-electron chi connectivity index (χ4n) is 2.11. The Morgan fingerprint density at radius 2 is 1.68 bits per heavy atom. The molecule has 1 aromatic carbocycles. The second kappa shape index (κ2) is 5.47. The number of amides is 1. The van der Waals surface area contributed by atoms with Gasteiger partial charge >= 0.3 is 0 Å². The molecule has 0 radical (unpaired) electrons. The van der Waals surface area contributed by atoms with Crippen LogP contribution in [-0.2, 0) is 10.0 Å². The number of thiophene rings is 1. The Morgan fingerprint density at radius 1 is 1.14 bits per heavy atom. The van der Waals surface area contributed by atoms with Gasteiger partial charge in [0.2, 0.25) is 10.0 Å². The third kappa shape index (κ3) is 3.20. The summed E-state index contributed by atoms with van der Waals surface area (Å²) in [7, 11) is 2.20. The number of hydrogen-bond acceptors (Lipinski definition) is 4. The van der Waals surface area contributed by atoms with Gasteiger partial charge in [-0.15, -0.1) is 11.3 Å². The molecule has 0 atom stereocenters. The van der Waals surface area contributed by atoms with E-state index in [9.17, 15) is 13.2 Å². The SMILES string of the molecule is C[N+](C)(C)c1csc(C(N)=O)c1-c1ccc(S(N)(=O)=O)cc1. The topological polar surface area (TPSA) is 103 Å². The Hall–Kier alpha value is -1.74. The van der Waals surface area contributed by atoms with Crippen LogP contribution in [0.2, 0.25) is 0 Å². The summed E-state index contributed by atoms with van der Waals surface area (Å²) in [6, 6.07) is 6.11. The van der Waals surface area contributed by atoms with E-state index in [0.717, 1.165) is 16.8 Å². The predicted molar refractivity (Wildman–Crippen MR) is 89.2 cm³/mol. The van der Waals surface area contributed by atoms with Gasteiger partial charge in [-0.05, 0) is 17.7 Å². The number of carbonyl (C=O) groups excluding carboxylic acids is 1. The summed E-state index contributed by atoms with van der Waals surface area (Å²) in [6.07, 6.45) is 0. The quantitative estimate of drug-likeness (QED) is 0.821. The number of benzene rings is 1. The lowest BCUT2D eigenvalue weighted by Crippen LogP contribution is -2.35. The van der Waals surface area contributed by atoms with Gasteiger partial charge in [0.15, 0.2) is 5.69 Å². The highest BCUT2D eigenvalue weighted by Gasteiger charge is 2.26. The Morgan fingerprint density at radius 3 is 2.09 bits per heavy atom. The lowest BCUT2D eigenvalue weighted by molar-refractivity contribution is 0.100. The molecule has 2 rings (SSSR count). The maximum atomic E-state index is 11.7. The molecule has 0 spiro atoms. The fourth-order valence-corrected chi connectivity index (χ4v) is 3.75. The van der Waals surface area contributed by atoms with Crippen molar-refractivity contribution < 1.29 is 13.2 Å². The third-order valence-corrected chi connectivity index (χ3v) is 5.10. The second-order valence-electron chi connectivity index (χ2n) is 5.77. The summed E-state index contributed by atoms with van der Waals surface area (Å²) in [6.45, 7) is 0. The number of primary sulfonamides is 1. The number of hydrogen-bond donors (Lipinski definition) is 2. The van der Waals surface area contributed by atoms with Gasteiger partial charge in [0.25, 0.3) is 5.91 Å². The Labute approximate surface area is 133 Å². The molecule has 0 aliphatic heterocycles. The smallest absolute Gasteiger partial charge is 0.259 e. The zero-order valence-corrected chi connectivity index (χ0v) is 14.2. The van der Waals surface area contributed by atoms with E-state index in [0.29, 0.717) is 9.36 Å². The molecular formula is C14H18N3O3S2+. The molecule has 6 nitrogen and oxygen atoms in total. The first-order valence-corrected chi connectivity index (χ1v) is 8.81. The maximum Gasteiger partial charge on any atom is 0.259 e. The summed E-state index contributed by atoms with van der Waals surface area (Å²) in [5, 5.41) is 6.99. The minimum absolute atomic E-state index is 0.0268. The van der Waals surface area contributed by atoms with E-state index in [4.69, 9.17) is 10.9 Å². The molecule has 0 bridgehead atoms. The summed E-state index contributed by atoms with van der Waals surface area (Å²) < 4.78 is 23.2. The first-order chi connectivity index (χ1) is 10.0. The van der Waals surface area contributed by atoms with Crippen LogP contribution in [0.1, 0.15) is 9.67 Å². The molecule has 0 saturated heterocycles. The molecule has 8 heteroatoms. The van der Waals surface area contributed by atoms with Crippen molar-refractivity contribution in [1.29, 1.82) is 0 Å². The molecule has 1 heterocycles. The third-order valence-electron chi connectivity index (χ3n) is 3.19. The van der Waals surface area contributed by atoms with Gasteiger partial charge in [-0.25, -0.2) is 13.6 Å². The summed E-state index contributed by atoms with van der Waals surface area (Å²) in [4.78, 5) is 12.1. The predicted octanol–water partition coefficient (Wildman–Crippen LogP) is 1.36. The molecule has 118 valence electrons. The molecule has 0 fully saturated rings. The molecule has 2 aromatic rings. The van der Waals surface area contributed by atoms with Crippen LogP contribution in [0.5, 0.6) is 0 Å². The van der Waals surface area contributed by atoms with Gasteiger partial charge in [0.1, 0.15) is 4.88 Å². The second-order valence-corrected chi connectivity index (χ2v) is 8.21. The molecule has 22 heavy (non-hydrogen) atoms. The van der Waals surface area contributed by atoms with Gasteiger partial charge in [0, 0.05) is 0 Å². The number of nitrogens with zero attached hydrogens (tertiary/aromatic N) is 1. The summed E-state index contributed by atoms with van der Waals surface area (Å²) in [5.74, 6) is -0.504. The highest BCUT2D eigenvalue weighted by atomic mass is 32.2. The van der Waals surface area contributed by atoms with Gasteiger partial charge in [-0.3, -0.25) is 9.28 Å². The van der Waals surface area contributed by atoms with Crippen LogP contribution in [0.15, 0.2) is 34.5 Å². The average Bonchev–Trinajstić information content (AvgIpc) is 2.82. The van der Waals surface area contributed by atoms with E-state index >= 15 is 0 Å². The maximum absolute atomic E-state index is 11.7. The Kier molecular flexibility index (Phi) is 4.14. The van der Waals surface area contributed by atoms with Crippen LogP contribution in [-0.4, -0.2) is 35.5 Å². The van der Waals surface area contributed by atoms with Crippen LogP contribution in [0.25, 0.3) is 11.1 Å². The monoisotopic (exact) mass is 340 g/mol. The van der Waals surface area contributed by atoms with Gasteiger partial charge in [-0.2, -0.15) is 0 Å². The molecule has 1 amide bonds.